The number of ether oxygens (including phenoxy) is 3. The largest absolute Gasteiger partial charge is 0.481 e. The van der Waals surface area contributed by atoms with Gasteiger partial charge in [-0.1, -0.05) is 11.8 Å². The van der Waals surface area contributed by atoms with Crippen LogP contribution in [0.5, 0.6) is 5.75 Å². The van der Waals surface area contributed by atoms with Gasteiger partial charge < -0.3 is 14.2 Å². The fraction of sp³-hybridized carbons (Fsp3) is 0.625. The van der Waals surface area contributed by atoms with E-state index in [1.807, 2.05) is 0 Å². The first-order valence-electron chi connectivity index (χ1n) is 11.8. The van der Waals surface area contributed by atoms with Crippen LogP contribution < -0.4 is 10.2 Å². The number of hydrogen-bond acceptors (Lipinski definition) is 8. The van der Waals surface area contributed by atoms with Crippen LogP contribution in [0.25, 0.3) is 0 Å². The number of amides is 1. The molecule has 0 aliphatic carbocycles. The van der Waals surface area contributed by atoms with E-state index in [2.05, 4.69) is 11.8 Å². The molecule has 0 saturated carbocycles. The first-order chi connectivity index (χ1) is 16.8. The van der Waals surface area contributed by atoms with Gasteiger partial charge in [0.25, 0.3) is 5.91 Å². The van der Waals surface area contributed by atoms with Crippen molar-refractivity contribution in [3.05, 3.63) is 24.3 Å². The van der Waals surface area contributed by atoms with Crippen LogP contribution in [0.4, 0.5) is 0 Å². The van der Waals surface area contributed by atoms with Gasteiger partial charge in [0.2, 0.25) is 10.0 Å². The highest BCUT2D eigenvalue weighted by Gasteiger charge is 2.48. The minimum atomic E-state index is -3.96. The van der Waals surface area contributed by atoms with Crippen molar-refractivity contribution in [2.45, 2.75) is 67.9 Å². The third kappa shape index (κ3) is 7.59. The summed E-state index contributed by atoms with van der Waals surface area (Å²) < 4.78 is 43.8. The van der Waals surface area contributed by atoms with Crippen molar-refractivity contribution in [2.24, 2.45) is 0 Å². The molecule has 0 aromatic heterocycles. The van der Waals surface area contributed by atoms with Gasteiger partial charge in [-0.05, 0) is 63.8 Å². The lowest BCUT2D eigenvalue weighted by Gasteiger charge is -2.43. The standard InChI is InChI=1S/C24H34N2O7S2/c1-24(2)22(23(27)25-28)26(14-18-34-24)35(29,30)20-12-10-19(11-13-20)31-15-6-3-4-7-16-32-21-9-5-8-17-33-21/h10-13,21-22,28H,4-5,7-9,14-18H2,1-2H3,(H,25,27). The van der Waals surface area contributed by atoms with Gasteiger partial charge in [-0.3, -0.25) is 10.0 Å². The molecule has 0 radical (unpaired) electrons. The van der Waals surface area contributed by atoms with Crippen molar-refractivity contribution in [2.75, 3.05) is 32.1 Å². The van der Waals surface area contributed by atoms with E-state index in [1.54, 1.807) is 31.5 Å². The maximum absolute atomic E-state index is 13.3. The van der Waals surface area contributed by atoms with Gasteiger partial charge in [-0.2, -0.15) is 16.1 Å². The number of carbonyl (C=O) groups excluding carboxylic acids is 1. The molecule has 9 nitrogen and oxygen atoms in total. The number of unbranched alkanes of at least 4 members (excludes halogenated alkanes) is 1. The Morgan fingerprint density at radius 3 is 2.74 bits per heavy atom. The summed E-state index contributed by atoms with van der Waals surface area (Å²) in [4.78, 5) is 12.4. The van der Waals surface area contributed by atoms with Crippen LogP contribution >= 0.6 is 11.8 Å². The number of hydroxylamine groups is 1. The molecule has 2 fully saturated rings. The average molecular weight is 527 g/mol. The molecular weight excluding hydrogens is 492 g/mol. The van der Waals surface area contributed by atoms with Gasteiger partial charge in [0.1, 0.15) is 18.4 Å². The summed E-state index contributed by atoms with van der Waals surface area (Å²) in [7, 11) is -3.96. The highest BCUT2D eigenvalue weighted by atomic mass is 32.2. The second-order valence-corrected chi connectivity index (χ2v) is 12.5. The van der Waals surface area contributed by atoms with E-state index < -0.39 is 26.7 Å². The van der Waals surface area contributed by atoms with Crippen LogP contribution in [0.2, 0.25) is 0 Å². The van der Waals surface area contributed by atoms with E-state index >= 15 is 0 Å². The van der Waals surface area contributed by atoms with Gasteiger partial charge in [-0.15, -0.1) is 0 Å². The van der Waals surface area contributed by atoms with Gasteiger partial charge in [0.05, 0.1) is 11.5 Å². The summed E-state index contributed by atoms with van der Waals surface area (Å²) in [6.45, 7) is 5.32. The summed E-state index contributed by atoms with van der Waals surface area (Å²) in [5, 5.41) is 9.16. The minimum absolute atomic E-state index is 0.0521. The van der Waals surface area contributed by atoms with Crippen LogP contribution in [-0.4, -0.2) is 73.0 Å². The number of rotatable bonds is 9. The lowest BCUT2D eigenvalue weighted by atomic mass is 10.0. The number of nitrogens with zero attached hydrogens (tertiary/aromatic N) is 1. The summed E-state index contributed by atoms with van der Waals surface area (Å²) in [5.41, 5.74) is 1.61. The number of carbonyl (C=O) groups is 1. The topological polar surface area (TPSA) is 114 Å². The van der Waals surface area contributed by atoms with Crippen molar-refractivity contribution in [1.82, 2.24) is 9.79 Å². The molecule has 2 unspecified atom stereocenters. The Labute approximate surface area is 211 Å². The van der Waals surface area contributed by atoms with Gasteiger partial charge >= 0.3 is 0 Å². The van der Waals surface area contributed by atoms with E-state index in [0.29, 0.717) is 24.5 Å². The minimum Gasteiger partial charge on any atom is -0.481 e. The maximum Gasteiger partial charge on any atom is 0.263 e. The molecule has 3 rings (SSSR count). The number of benzene rings is 1. The summed E-state index contributed by atoms with van der Waals surface area (Å²) >= 11 is 1.49. The van der Waals surface area contributed by atoms with Crippen molar-refractivity contribution in [1.29, 1.82) is 0 Å². The van der Waals surface area contributed by atoms with Crippen LogP contribution in [0.1, 0.15) is 46.0 Å². The van der Waals surface area contributed by atoms with E-state index in [0.717, 1.165) is 36.6 Å². The third-order valence-corrected chi connectivity index (χ3v) is 9.08. The molecule has 0 spiro atoms. The predicted molar refractivity (Wildman–Crippen MR) is 133 cm³/mol. The van der Waals surface area contributed by atoms with Gasteiger partial charge in [0, 0.05) is 30.1 Å². The molecule has 1 aromatic rings. The molecule has 2 saturated heterocycles. The molecule has 2 N–H and O–H groups in total. The van der Waals surface area contributed by atoms with E-state index in [-0.39, 0.29) is 24.3 Å². The smallest absolute Gasteiger partial charge is 0.263 e. The van der Waals surface area contributed by atoms with Crippen LogP contribution in [0.15, 0.2) is 29.2 Å². The van der Waals surface area contributed by atoms with Gasteiger partial charge in [-0.25, -0.2) is 13.9 Å². The normalized spacial score (nSPS) is 22.6. The van der Waals surface area contributed by atoms with E-state index in [9.17, 15) is 13.2 Å². The lowest BCUT2D eigenvalue weighted by molar-refractivity contribution is -0.162. The van der Waals surface area contributed by atoms with Crippen molar-refractivity contribution < 1.29 is 32.6 Å². The first kappa shape index (κ1) is 27.8. The Kier molecular flexibility index (Phi) is 10.3. The number of sulfonamides is 1. The number of nitrogens with one attached hydrogen (secondary N) is 1. The highest BCUT2D eigenvalue weighted by molar-refractivity contribution is 8.00. The molecule has 2 aliphatic heterocycles. The molecule has 194 valence electrons. The lowest BCUT2D eigenvalue weighted by Crippen LogP contribution is -2.61. The zero-order valence-electron chi connectivity index (χ0n) is 20.2. The van der Waals surface area contributed by atoms with E-state index in [1.165, 1.54) is 23.9 Å². The van der Waals surface area contributed by atoms with Crippen molar-refractivity contribution in [3.63, 3.8) is 0 Å². The molecule has 2 aliphatic rings. The zero-order chi connectivity index (χ0) is 25.3. The Morgan fingerprint density at radius 1 is 1.29 bits per heavy atom. The Balaban J connectivity index is 1.49. The highest BCUT2D eigenvalue weighted by Crippen LogP contribution is 2.38. The Bertz CT molecular complexity index is 997. The number of hydrogen-bond donors (Lipinski definition) is 2. The monoisotopic (exact) mass is 526 g/mol. The van der Waals surface area contributed by atoms with E-state index in [4.69, 9.17) is 19.4 Å². The quantitative estimate of drug-likeness (QED) is 0.219. The molecule has 1 amide bonds. The molecule has 35 heavy (non-hydrogen) atoms. The molecule has 1 aromatic carbocycles. The molecule has 11 heteroatoms. The summed E-state index contributed by atoms with van der Waals surface area (Å²) in [6, 6.07) is 4.99. The average Bonchev–Trinajstić information content (AvgIpc) is 2.85. The molecule has 2 atom stereocenters. The van der Waals surface area contributed by atoms with Crippen LogP contribution in [-0.2, 0) is 24.3 Å². The Hall–Kier alpha value is -1.81. The SMILES string of the molecule is CC1(C)SCCN(S(=O)(=O)c2ccc(OCC#CCCCOC3CCCCO3)cc2)C1C(=O)NO. The third-order valence-electron chi connectivity index (χ3n) is 5.84. The predicted octanol–water partition coefficient (Wildman–Crippen LogP) is 2.78. The number of thioether (sulfide) groups is 1. The second-order valence-electron chi connectivity index (χ2n) is 8.83. The van der Waals surface area contributed by atoms with Crippen LogP contribution in [0.3, 0.4) is 0 Å². The molecular formula is C24H34N2O7S2. The molecule has 0 bridgehead atoms. The molecule has 2 heterocycles. The fourth-order valence-electron chi connectivity index (χ4n) is 4.04. The maximum atomic E-state index is 13.3. The second kappa shape index (κ2) is 12.9. The summed E-state index contributed by atoms with van der Waals surface area (Å²) in [6.07, 6.45) is 4.63. The van der Waals surface area contributed by atoms with Crippen molar-refractivity contribution in [3.8, 4) is 17.6 Å². The van der Waals surface area contributed by atoms with Gasteiger partial charge in [0.15, 0.2) is 6.29 Å². The van der Waals surface area contributed by atoms with Crippen LogP contribution in [0, 0.1) is 11.8 Å². The fourth-order valence-corrected chi connectivity index (χ4v) is 7.15. The first-order valence-corrected chi connectivity index (χ1v) is 14.2. The zero-order valence-corrected chi connectivity index (χ0v) is 21.8. The Morgan fingerprint density at radius 2 is 2.06 bits per heavy atom. The van der Waals surface area contributed by atoms with Crippen molar-refractivity contribution >= 4 is 27.7 Å². The summed E-state index contributed by atoms with van der Waals surface area (Å²) in [5.74, 6) is 6.28.